The monoisotopic (exact) mass is 236 g/mol. The van der Waals surface area contributed by atoms with Crippen molar-refractivity contribution < 1.29 is 22.1 Å². The predicted octanol–water partition coefficient (Wildman–Crippen LogP) is 0.694. The average Bonchev–Trinajstić information content (AvgIpc) is 2.87. The predicted molar refractivity (Wildman–Crippen MR) is 53.7 cm³/mol. The maximum Gasteiger partial charge on any atom is 0.311 e. The Labute approximate surface area is 89.9 Å². The molecule has 1 aliphatic rings. The molecule has 0 spiro atoms. The van der Waals surface area contributed by atoms with Crippen LogP contribution in [0.15, 0.2) is 0 Å². The highest BCUT2D eigenvalue weighted by Crippen LogP contribution is 2.25. The van der Waals surface area contributed by atoms with E-state index in [4.69, 9.17) is 4.74 Å². The second kappa shape index (κ2) is 4.94. The van der Waals surface area contributed by atoms with Crippen LogP contribution in [-0.2, 0) is 23.8 Å². The normalized spacial score (nSPS) is 18.5. The van der Waals surface area contributed by atoms with Crippen molar-refractivity contribution >= 4 is 16.1 Å². The van der Waals surface area contributed by atoms with E-state index in [-0.39, 0.29) is 18.7 Å². The number of carbonyl (C=O) groups excluding carboxylic acids is 1. The van der Waals surface area contributed by atoms with Crippen molar-refractivity contribution in [2.45, 2.75) is 32.3 Å². The van der Waals surface area contributed by atoms with Gasteiger partial charge in [-0.1, -0.05) is 6.92 Å². The molecule has 1 aliphatic carbocycles. The number of esters is 1. The molecule has 0 aromatic heterocycles. The lowest BCUT2D eigenvalue weighted by atomic mass is 10.1. The van der Waals surface area contributed by atoms with Gasteiger partial charge in [-0.15, -0.1) is 0 Å². The zero-order valence-corrected chi connectivity index (χ0v) is 9.75. The van der Waals surface area contributed by atoms with Gasteiger partial charge in [-0.3, -0.25) is 8.98 Å². The van der Waals surface area contributed by atoms with Crippen molar-refractivity contribution in [3.8, 4) is 0 Å². The number of hydrogen-bond acceptors (Lipinski definition) is 5. The summed E-state index contributed by atoms with van der Waals surface area (Å²) in [6, 6.07) is 0. The third kappa shape index (κ3) is 5.13. The Bertz CT molecular complexity index is 317. The molecular formula is C9H16O5S. The number of rotatable bonds is 6. The third-order valence-corrected chi connectivity index (χ3v) is 2.68. The molecule has 6 heteroatoms. The molecule has 0 bridgehead atoms. The third-order valence-electron chi connectivity index (χ3n) is 2.12. The number of hydrogen-bond donors (Lipinski definition) is 0. The van der Waals surface area contributed by atoms with Crippen molar-refractivity contribution in [2.75, 3.05) is 12.9 Å². The second-order valence-corrected chi connectivity index (χ2v) is 5.37. The lowest BCUT2D eigenvalue weighted by molar-refractivity contribution is -0.150. The minimum Gasteiger partial charge on any atom is -0.462 e. The Kier molecular flexibility index (Phi) is 4.10. The molecule has 1 saturated carbocycles. The first kappa shape index (κ1) is 12.4. The van der Waals surface area contributed by atoms with Crippen molar-refractivity contribution in [2.24, 2.45) is 5.92 Å². The highest BCUT2D eigenvalue weighted by Gasteiger charge is 2.29. The molecule has 1 fully saturated rings. The molecule has 1 rings (SSSR count). The van der Waals surface area contributed by atoms with Crippen LogP contribution in [0.2, 0.25) is 0 Å². The summed E-state index contributed by atoms with van der Waals surface area (Å²) in [5.74, 6) is -0.844. The molecule has 15 heavy (non-hydrogen) atoms. The summed E-state index contributed by atoms with van der Waals surface area (Å²) >= 11 is 0. The zero-order valence-electron chi connectivity index (χ0n) is 8.93. The maximum absolute atomic E-state index is 11.4. The smallest absolute Gasteiger partial charge is 0.311 e. The van der Waals surface area contributed by atoms with E-state index in [2.05, 4.69) is 4.18 Å². The lowest BCUT2D eigenvalue weighted by Gasteiger charge is -2.12. The zero-order chi connectivity index (χ0) is 11.5. The molecule has 0 amide bonds. The quantitative estimate of drug-likeness (QED) is 0.501. The number of ether oxygens (including phenoxy) is 1. The van der Waals surface area contributed by atoms with Crippen molar-refractivity contribution in [1.29, 1.82) is 0 Å². The fourth-order valence-electron chi connectivity index (χ4n) is 1.00. The van der Waals surface area contributed by atoms with E-state index in [0.29, 0.717) is 6.42 Å². The van der Waals surface area contributed by atoms with E-state index in [1.807, 2.05) is 0 Å². The van der Waals surface area contributed by atoms with Crippen LogP contribution in [0, 0.1) is 5.92 Å². The van der Waals surface area contributed by atoms with Crippen molar-refractivity contribution in [3.63, 3.8) is 0 Å². The SMILES string of the molecule is CCC(COS(C)(=O)=O)C(=O)OC1CC1. The summed E-state index contributed by atoms with van der Waals surface area (Å²) in [5.41, 5.74) is 0. The van der Waals surface area contributed by atoms with Crippen LogP contribution in [0.5, 0.6) is 0 Å². The van der Waals surface area contributed by atoms with E-state index in [1.165, 1.54) is 0 Å². The van der Waals surface area contributed by atoms with Gasteiger partial charge in [-0.25, -0.2) is 0 Å². The van der Waals surface area contributed by atoms with Gasteiger partial charge in [-0.05, 0) is 19.3 Å². The topological polar surface area (TPSA) is 69.7 Å². The summed E-state index contributed by atoms with van der Waals surface area (Å²) in [6.45, 7) is 1.67. The molecule has 0 aliphatic heterocycles. The fraction of sp³-hybridized carbons (Fsp3) is 0.889. The number of carbonyl (C=O) groups is 1. The fourth-order valence-corrected chi connectivity index (χ4v) is 1.42. The minimum absolute atomic E-state index is 0.0461. The Balaban J connectivity index is 2.36. The van der Waals surface area contributed by atoms with Gasteiger partial charge in [0, 0.05) is 0 Å². The largest absolute Gasteiger partial charge is 0.462 e. The van der Waals surface area contributed by atoms with Crippen LogP contribution < -0.4 is 0 Å². The Morgan fingerprint density at radius 1 is 1.47 bits per heavy atom. The van der Waals surface area contributed by atoms with Crippen LogP contribution in [0.1, 0.15) is 26.2 Å². The lowest BCUT2D eigenvalue weighted by Crippen LogP contribution is -2.24. The summed E-state index contributed by atoms with van der Waals surface area (Å²) in [6.07, 6.45) is 3.35. The van der Waals surface area contributed by atoms with Crippen LogP contribution in [0.3, 0.4) is 0 Å². The van der Waals surface area contributed by atoms with E-state index in [0.717, 1.165) is 19.1 Å². The van der Waals surface area contributed by atoms with E-state index < -0.39 is 16.0 Å². The first-order valence-corrected chi connectivity index (χ1v) is 6.79. The van der Waals surface area contributed by atoms with Gasteiger partial charge in [0.2, 0.25) is 0 Å². The van der Waals surface area contributed by atoms with Gasteiger partial charge in [0.25, 0.3) is 10.1 Å². The highest BCUT2D eigenvalue weighted by molar-refractivity contribution is 7.85. The summed E-state index contributed by atoms with van der Waals surface area (Å²) < 4.78 is 31.1. The van der Waals surface area contributed by atoms with Gasteiger partial charge < -0.3 is 4.74 Å². The van der Waals surface area contributed by atoms with Gasteiger partial charge in [-0.2, -0.15) is 8.42 Å². The molecular weight excluding hydrogens is 220 g/mol. The molecule has 0 radical (unpaired) electrons. The molecule has 1 unspecified atom stereocenters. The van der Waals surface area contributed by atoms with Crippen LogP contribution in [-0.4, -0.2) is 33.4 Å². The van der Waals surface area contributed by atoms with Crippen LogP contribution in [0.4, 0.5) is 0 Å². The summed E-state index contributed by atoms with van der Waals surface area (Å²) in [4.78, 5) is 11.4. The average molecular weight is 236 g/mol. The van der Waals surface area contributed by atoms with E-state index in [9.17, 15) is 13.2 Å². The van der Waals surface area contributed by atoms with Crippen molar-refractivity contribution in [1.82, 2.24) is 0 Å². The van der Waals surface area contributed by atoms with Crippen LogP contribution in [0.25, 0.3) is 0 Å². The molecule has 1 atom stereocenters. The second-order valence-electron chi connectivity index (χ2n) is 3.73. The standard InChI is InChI=1S/C9H16O5S/c1-3-7(6-13-15(2,11)12)9(10)14-8-4-5-8/h7-8H,3-6H2,1-2H3. The van der Waals surface area contributed by atoms with Gasteiger partial charge >= 0.3 is 5.97 Å². The summed E-state index contributed by atoms with van der Waals surface area (Å²) in [5, 5.41) is 0. The molecule has 5 nitrogen and oxygen atoms in total. The molecule has 0 N–H and O–H groups in total. The summed E-state index contributed by atoms with van der Waals surface area (Å²) in [7, 11) is -3.48. The van der Waals surface area contributed by atoms with E-state index in [1.54, 1.807) is 6.92 Å². The van der Waals surface area contributed by atoms with Gasteiger partial charge in [0.15, 0.2) is 0 Å². The molecule has 88 valence electrons. The Morgan fingerprint density at radius 2 is 2.07 bits per heavy atom. The minimum atomic E-state index is -3.48. The molecule has 0 aromatic carbocycles. The first-order chi connectivity index (χ1) is 6.92. The van der Waals surface area contributed by atoms with Gasteiger partial charge in [0.05, 0.1) is 18.8 Å². The molecule has 0 heterocycles. The van der Waals surface area contributed by atoms with E-state index >= 15 is 0 Å². The molecule has 0 aromatic rings. The highest BCUT2D eigenvalue weighted by atomic mass is 32.2. The first-order valence-electron chi connectivity index (χ1n) is 4.97. The van der Waals surface area contributed by atoms with Gasteiger partial charge in [0.1, 0.15) is 6.10 Å². The maximum atomic E-state index is 11.4. The molecule has 0 saturated heterocycles. The van der Waals surface area contributed by atoms with Crippen molar-refractivity contribution in [3.05, 3.63) is 0 Å². The Hall–Kier alpha value is -0.620. The Morgan fingerprint density at radius 3 is 2.47 bits per heavy atom. The van der Waals surface area contributed by atoms with Crippen LogP contribution >= 0.6 is 0 Å².